The molecule has 0 spiro atoms. The van der Waals surface area contributed by atoms with E-state index in [2.05, 4.69) is 34.0 Å². The molecule has 8 nitrogen and oxygen atoms in total. The summed E-state index contributed by atoms with van der Waals surface area (Å²) < 4.78 is 28.4. The van der Waals surface area contributed by atoms with Gasteiger partial charge in [-0.1, -0.05) is 6.07 Å². The van der Waals surface area contributed by atoms with Gasteiger partial charge in [-0.2, -0.15) is 10.5 Å². The molecule has 184 valence electrons. The molecule has 0 amide bonds. The fourth-order valence-electron chi connectivity index (χ4n) is 5.11. The lowest BCUT2D eigenvalue weighted by molar-refractivity contribution is 0.202. The van der Waals surface area contributed by atoms with Gasteiger partial charge in [0, 0.05) is 38.6 Å². The van der Waals surface area contributed by atoms with E-state index in [-0.39, 0.29) is 10.5 Å². The number of piperidine rings is 2. The quantitative estimate of drug-likeness (QED) is 0.610. The molecule has 0 saturated carbocycles. The molecule has 0 aliphatic carbocycles. The maximum Gasteiger partial charge on any atom is 0.244 e. The number of nitriles is 2. The lowest BCUT2D eigenvalue weighted by Crippen LogP contribution is -2.42. The first-order chi connectivity index (χ1) is 16.8. The van der Waals surface area contributed by atoms with Crippen molar-refractivity contribution in [2.45, 2.75) is 36.0 Å². The van der Waals surface area contributed by atoms with Crippen LogP contribution in [0.25, 0.3) is 0 Å². The van der Waals surface area contributed by atoms with Crippen LogP contribution >= 0.6 is 0 Å². The number of benzene rings is 1. The summed E-state index contributed by atoms with van der Waals surface area (Å²) in [7, 11) is -0.128. The fourth-order valence-corrected chi connectivity index (χ4v) is 6.51. The third-order valence-corrected chi connectivity index (χ3v) is 9.34. The Hall–Kier alpha value is -2.98. The van der Waals surface area contributed by atoms with Crippen LogP contribution in [-0.2, 0) is 15.4 Å². The van der Waals surface area contributed by atoms with Crippen molar-refractivity contribution in [2.75, 3.05) is 51.7 Å². The van der Waals surface area contributed by atoms with Gasteiger partial charge in [0.15, 0.2) is 0 Å². The van der Waals surface area contributed by atoms with Crippen molar-refractivity contribution in [3.05, 3.63) is 53.9 Å². The van der Waals surface area contributed by atoms with E-state index in [0.29, 0.717) is 38.4 Å². The summed E-state index contributed by atoms with van der Waals surface area (Å²) in [5.41, 5.74) is 1.04. The van der Waals surface area contributed by atoms with Crippen molar-refractivity contribution >= 4 is 15.7 Å². The Bertz CT molecular complexity index is 1220. The third-order valence-electron chi connectivity index (χ3n) is 7.48. The summed E-state index contributed by atoms with van der Waals surface area (Å²) in [4.78, 5) is 8.82. The first-order valence-electron chi connectivity index (χ1n) is 12.1. The van der Waals surface area contributed by atoms with Crippen LogP contribution in [0.4, 0.5) is 5.69 Å². The van der Waals surface area contributed by atoms with Crippen LogP contribution in [0.2, 0.25) is 0 Å². The largest absolute Gasteiger partial charge is 0.371 e. The van der Waals surface area contributed by atoms with E-state index in [1.54, 1.807) is 31.4 Å². The Labute approximate surface area is 208 Å². The van der Waals surface area contributed by atoms with Crippen LogP contribution < -0.4 is 4.90 Å². The van der Waals surface area contributed by atoms with Gasteiger partial charge in [-0.3, -0.25) is 4.98 Å². The van der Waals surface area contributed by atoms with Gasteiger partial charge in [0.1, 0.15) is 16.4 Å². The normalized spacial score (nSPS) is 19.3. The minimum atomic E-state index is -3.82. The highest BCUT2D eigenvalue weighted by atomic mass is 32.2. The topological polar surface area (TPSA) is 104 Å². The third kappa shape index (κ3) is 5.18. The van der Waals surface area contributed by atoms with Gasteiger partial charge in [0.05, 0.1) is 17.3 Å². The number of pyridine rings is 1. The van der Waals surface area contributed by atoms with Crippen LogP contribution in [0.15, 0.2) is 47.5 Å². The standard InChI is InChI=1S/C26H32N6O2S/c1-30-13-8-21(9-14-30)19-31(2)35(33,34)24-17-23(7-6-22(24)18-27)32-15-10-26(20-28,11-16-32)25-5-3-4-12-29-25/h3-7,12,17,21H,8-11,13-16,19H2,1-2H3. The first kappa shape index (κ1) is 25.1. The molecule has 0 atom stereocenters. The van der Waals surface area contributed by atoms with E-state index in [1.165, 1.54) is 4.31 Å². The van der Waals surface area contributed by atoms with Crippen molar-refractivity contribution < 1.29 is 8.42 Å². The summed E-state index contributed by atoms with van der Waals surface area (Å²) in [6.07, 6.45) is 4.83. The molecule has 2 aromatic rings. The molecule has 0 radical (unpaired) electrons. The molecule has 1 aromatic heterocycles. The molecule has 2 aliphatic heterocycles. The predicted octanol–water partition coefficient (Wildman–Crippen LogP) is 2.98. The Morgan fingerprint density at radius 1 is 1.11 bits per heavy atom. The predicted molar refractivity (Wildman–Crippen MR) is 134 cm³/mol. The van der Waals surface area contributed by atoms with Crippen LogP contribution in [0.1, 0.15) is 36.9 Å². The number of rotatable bonds is 6. The van der Waals surface area contributed by atoms with Crippen LogP contribution in [0.3, 0.4) is 0 Å². The number of likely N-dealkylation sites (tertiary alicyclic amines) is 1. The van der Waals surface area contributed by atoms with Crippen LogP contribution in [-0.4, -0.2) is 69.4 Å². The molecule has 0 N–H and O–H groups in total. The van der Waals surface area contributed by atoms with E-state index < -0.39 is 15.4 Å². The molecule has 4 rings (SSSR count). The highest BCUT2D eigenvalue weighted by Crippen LogP contribution is 2.36. The number of sulfonamides is 1. The summed E-state index contributed by atoms with van der Waals surface area (Å²) in [6.45, 7) is 3.58. The second-order valence-corrected chi connectivity index (χ2v) is 11.7. The zero-order chi connectivity index (χ0) is 25.1. The van der Waals surface area contributed by atoms with Crippen LogP contribution in [0.5, 0.6) is 0 Å². The first-order valence-corrected chi connectivity index (χ1v) is 13.5. The molecule has 1 aromatic carbocycles. The van der Waals surface area contributed by atoms with Gasteiger partial charge < -0.3 is 9.80 Å². The van der Waals surface area contributed by atoms with Crippen molar-refractivity contribution in [1.82, 2.24) is 14.2 Å². The molecule has 0 unspecified atom stereocenters. The summed E-state index contributed by atoms with van der Waals surface area (Å²) in [5, 5.41) is 19.6. The SMILES string of the molecule is CN1CCC(CN(C)S(=O)(=O)c2cc(N3CCC(C#N)(c4ccccn4)CC3)ccc2C#N)CC1. The van der Waals surface area contributed by atoms with Gasteiger partial charge in [-0.25, -0.2) is 12.7 Å². The molecule has 9 heteroatoms. The van der Waals surface area contributed by atoms with Gasteiger partial charge >= 0.3 is 0 Å². The molecule has 2 saturated heterocycles. The molecule has 0 bridgehead atoms. The maximum absolute atomic E-state index is 13.5. The summed E-state index contributed by atoms with van der Waals surface area (Å²) in [6, 6.07) is 15.2. The Morgan fingerprint density at radius 2 is 1.83 bits per heavy atom. The van der Waals surface area contributed by atoms with Crippen molar-refractivity contribution in [3.8, 4) is 12.1 Å². The summed E-state index contributed by atoms with van der Waals surface area (Å²) >= 11 is 0. The Kier molecular flexibility index (Phi) is 7.42. The molecule has 2 fully saturated rings. The van der Waals surface area contributed by atoms with Gasteiger partial charge in [0.2, 0.25) is 10.0 Å². The Balaban J connectivity index is 1.53. The Morgan fingerprint density at radius 3 is 2.43 bits per heavy atom. The van der Waals surface area contributed by atoms with Crippen molar-refractivity contribution in [2.24, 2.45) is 5.92 Å². The van der Waals surface area contributed by atoms with E-state index in [9.17, 15) is 18.9 Å². The molecular formula is C26H32N6O2S. The van der Waals surface area contributed by atoms with E-state index in [0.717, 1.165) is 37.3 Å². The average Bonchev–Trinajstić information content (AvgIpc) is 2.90. The highest BCUT2D eigenvalue weighted by molar-refractivity contribution is 7.89. The molecular weight excluding hydrogens is 460 g/mol. The minimum Gasteiger partial charge on any atom is -0.371 e. The monoisotopic (exact) mass is 492 g/mol. The number of anilines is 1. The average molecular weight is 493 g/mol. The number of aromatic nitrogens is 1. The summed E-state index contributed by atoms with van der Waals surface area (Å²) in [5.74, 6) is 0.312. The zero-order valence-electron chi connectivity index (χ0n) is 20.4. The molecule has 3 heterocycles. The fraction of sp³-hybridized carbons (Fsp3) is 0.500. The van der Waals surface area contributed by atoms with E-state index >= 15 is 0 Å². The minimum absolute atomic E-state index is 0.0507. The highest BCUT2D eigenvalue weighted by Gasteiger charge is 2.38. The second-order valence-electron chi connectivity index (χ2n) is 9.72. The molecule has 2 aliphatic rings. The number of hydrogen-bond donors (Lipinski definition) is 0. The van der Waals surface area contributed by atoms with Crippen molar-refractivity contribution in [1.29, 1.82) is 10.5 Å². The lowest BCUT2D eigenvalue weighted by atomic mass is 9.76. The number of nitrogens with zero attached hydrogens (tertiary/aromatic N) is 6. The number of hydrogen-bond acceptors (Lipinski definition) is 7. The maximum atomic E-state index is 13.5. The van der Waals surface area contributed by atoms with E-state index in [4.69, 9.17) is 0 Å². The van der Waals surface area contributed by atoms with Gasteiger partial charge in [0.25, 0.3) is 0 Å². The van der Waals surface area contributed by atoms with Crippen molar-refractivity contribution in [3.63, 3.8) is 0 Å². The lowest BCUT2D eigenvalue weighted by Gasteiger charge is -2.38. The van der Waals surface area contributed by atoms with Gasteiger partial charge in [-0.15, -0.1) is 0 Å². The zero-order valence-corrected chi connectivity index (χ0v) is 21.2. The smallest absolute Gasteiger partial charge is 0.244 e. The van der Waals surface area contributed by atoms with Crippen LogP contribution in [0, 0.1) is 28.6 Å². The van der Waals surface area contributed by atoms with E-state index in [1.807, 2.05) is 18.2 Å². The second kappa shape index (κ2) is 10.3. The molecule has 35 heavy (non-hydrogen) atoms. The van der Waals surface area contributed by atoms with Gasteiger partial charge in [-0.05, 0) is 82.1 Å².